The monoisotopic (exact) mass is 323 g/mol. The topological polar surface area (TPSA) is 49.6 Å². The van der Waals surface area contributed by atoms with Crippen LogP contribution in [0.1, 0.15) is 36.0 Å². The minimum absolute atomic E-state index is 0.0300. The van der Waals surface area contributed by atoms with Crippen molar-refractivity contribution in [2.24, 2.45) is 5.73 Å². The van der Waals surface area contributed by atoms with Crippen LogP contribution in [0.4, 0.5) is 14.5 Å². The van der Waals surface area contributed by atoms with Crippen molar-refractivity contribution in [1.29, 1.82) is 0 Å². The largest absolute Gasteiger partial charge is 0.371 e. The predicted molar refractivity (Wildman–Crippen MR) is 85.9 cm³/mol. The molecule has 0 aromatic heterocycles. The Morgan fingerprint density at radius 2 is 1.70 bits per heavy atom. The van der Waals surface area contributed by atoms with E-state index in [4.69, 9.17) is 5.73 Å². The lowest BCUT2D eigenvalue weighted by Crippen LogP contribution is -2.49. The molecule has 2 saturated heterocycles. The first-order valence-corrected chi connectivity index (χ1v) is 8.22. The Kier molecular flexibility index (Phi) is 4.53. The molecule has 0 radical (unpaired) electrons. The molecule has 1 amide bonds. The molecular weight excluding hydrogens is 300 g/mol. The number of carbonyl (C=O) groups excluding carboxylic acids is 1. The zero-order valence-electron chi connectivity index (χ0n) is 13.2. The Labute approximate surface area is 135 Å². The Morgan fingerprint density at radius 1 is 1.09 bits per heavy atom. The third-order valence-electron chi connectivity index (χ3n) is 5.02. The van der Waals surface area contributed by atoms with Gasteiger partial charge in [-0.15, -0.1) is 0 Å². The molecule has 1 aromatic carbocycles. The van der Waals surface area contributed by atoms with Crippen LogP contribution in [0.5, 0.6) is 0 Å². The number of nitrogens with two attached hydrogens (primary N) is 1. The maximum atomic E-state index is 13.3. The highest BCUT2D eigenvalue weighted by molar-refractivity contribution is 5.98. The number of alkyl halides is 2. The number of nitrogens with zero attached hydrogens (tertiary/aromatic N) is 2. The van der Waals surface area contributed by atoms with E-state index in [0.717, 1.165) is 31.6 Å². The maximum absolute atomic E-state index is 13.3. The number of carbonyl (C=O) groups is 1. The van der Waals surface area contributed by atoms with Crippen molar-refractivity contribution in [2.45, 2.75) is 37.6 Å². The van der Waals surface area contributed by atoms with Gasteiger partial charge < -0.3 is 10.6 Å². The Hall–Kier alpha value is -1.69. The molecule has 1 aromatic rings. The van der Waals surface area contributed by atoms with Crippen molar-refractivity contribution in [3.63, 3.8) is 0 Å². The summed E-state index contributed by atoms with van der Waals surface area (Å²) in [5.41, 5.74) is 6.87. The van der Waals surface area contributed by atoms with Crippen LogP contribution < -0.4 is 10.6 Å². The van der Waals surface area contributed by atoms with Gasteiger partial charge in [-0.1, -0.05) is 12.1 Å². The molecule has 0 saturated carbocycles. The number of primary amides is 1. The van der Waals surface area contributed by atoms with Crippen LogP contribution in [0.2, 0.25) is 0 Å². The van der Waals surface area contributed by atoms with Gasteiger partial charge in [0.25, 0.3) is 11.8 Å². The molecule has 23 heavy (non-hydrogen) atoms. The Morgan fingerprint density at radius 3 is 2.30 bits per heavy atom. The summed E-state index contributed by atoms with van der Waals surface area (Å²) in [6, 6.07) is 7.74. The van der Waals surface area contributed by atoms with Gasteiger partial charge in [-0.25, -0.2) is 8.78 Å². The smallest absolute Gasteiger partial charge is 0.250 e. The second kappa shape index (κ2) is 6.43. The SMILES string of the molecule is NC(=O)c1ccccc1N1CCC(N2CCC(F)(F)CC2)CC1. The highest BCUT2D eigenvalue weighted by Gasteiger charge is 2.37. The van der Waals surface area contributed by atoms with Crippen molar-refractivity contribution < 1.29 is 13.6 Å². The minimum atomic E-state index is -2.49. The van der Waals surface area contributed by atoms with Crippen LogP contribution in [0.25, 0.3) is 0 Å². The van der Waals surface area contributed by atoms with Crippen LogP contribution >= 0.6 is 0 Å². The van der Waals surface area contributed by atoms with Crippen LogP contribution in [0, 0.1) is 0 Å². The lowest BCUT2D eigenvalue weighted by Gasteiger charge is -2.42. The van der Waals surface area contributed by atoms with Gasteiger partial charge in [0.2, 0.25) is 0 Å². The molecule has 2 N–H and O–H groups in total. The van der Waals surface area contributed by atoms with E-state index in [1.165, 1.54) is 0 Å². The van der Waals surface area contributed by atoms with Crippen molar-refractivity contribution in [3.8, 4) is 0 Å². The van der Waals surface area contributed by atoms with E-state index in [9.17, 15) is 13.6 Å². The first kappa shape index (κ1) is 16.2. The van der Waals surface area contributed by atoms with Crippen molar-refractivity contribution in [2.75, 3.05) is 31.1 Å². The zero-order chi connectivity index (χ0) is 16.4. The summed E-state index contributed by atoms with van der Waals surface area (Å²) >= 11 is 0. The molecular formula is C17H23F2N3O. The van der Waals surface area contributed by atoms with Gasteiger partial charge in [-0.05, 0) is 25.0 Å². The summed E-state index contributed by atoms with van der Waals surface area (Å²) in [7, 11) is 0. The molecule has 2 aliphatic heterocycles. The van der Waals surface area contributed by atoms with Gasteiger partial charge in [-0.2, -0.15) is 0 Å². The molecule has 0 aliphatic carbocycles. The molecule has 3 rings (SSSR count). The van der Waals surface area contributed by atoms with E-state index in [1.54, 1.807) is 6.07 Å². The Bertz CT molecular complexity index is 561. The van der Waals surface area contributed by atoms with E-state index in [-0.39, 0.29) is 12.8 Å². The van der Waals surface area contributed by atoms with Gasteiger partial charge in [0.05, 0.1) is 5.56 Å². The van der Waals surface area contributed by atoms with Crippen molar-refractivity contribution in [1.82, 2.24) is 4.90 Å². The van der Waals surface area contributed by atoms with E-state index in [2.05, 4.69) is 9.80 Å². The second-order valence-corrected chi connectivity index (χ2v) is 6.49. The fraction of sp³-hybridized carbons (Fsp3) is 0.588. The Balaban J connectivity index is 1.60. The lowest BCUT2D eigenvalue weighted by atomic mass is 9.97. The van der Waals surface area contributed by atoms with Gasteiger partial charge in [0.1, 0.15) is 0 Å². The average Bonchev–Trinajstić information content (AvgIpc) is 2.55. The van der Waals surface area contributed by atoms with Crippen LogP contribution in [0.15, 0.2) is 24.3 Å². The highest BCUT2D eigenvalue weighted by Crippen LogP contribution is 2.31. The first-order valence-electron chi connectivity index (χ1n) is 8.22. The number of anilines is 1. The number of likely N-dealkylation sites (tertiary alicyclic amines) is 1. The molecule has 2 heterocycles. The van der Waals surface area contributed by atoms with E-state index >= 15 is 0 Å². The van der Waals surface area contributed by atoms with Crippen LogP contribution in [0.3, 0.4) is 0 Å². The number of rotatable bonds is 3. The maximum Gasteiger partial charge on any atom is 0.250 e. The van der Waals surface area contributed by atoms with Crippen LogP contribution in [-0.4, -0.2) is 49.0 Å². The van der Waals surface area contributed by atoms with Gasteiger partial charge in [-0.3, -0.25) is 9.69 Å². The molecule has 2 fully saturated rings. The molecule has 0 spiro atoms. The number of piperidine rings is 2. The van der Waals surface area contributed by atoms with Crippen molar-refractivity contribution >= 4 is 11.6 Å². The highest BCUT2D eigenvalue weighted by atomic mass is 19.3. The quantitative estimate of drug-likeness (QED) is 0.930. The molecule has 0 atom stereocenters. The van der Waals surface area contributed by atoms with E-state index in [0.29, 0.717) is 24.7 Å². The summed E-state index contributed by atoms with van der Waals surface area (Å²) in [6.45, 7) is 2.61. The van der Waals surface area contributed by atoms with Crippen LogP contribution in [-0.2, 0) is 0 Å². The fourth-order valence-corrected chi connectivity index (χ4v) is 3.65. The normalized spacial score (nSPS) is 23.0. The first-order chi connectivity index (χ1) is 11.0. The minimum Gasteiger partial charge on any atom is -0.371 e. The summed E-state index contributed by atoms with van der Waals surface area (Å²) in [5, 5.41) is 0. The lowest BCUT2D eigenvalue weighted by molar-refractivity contribution is -0.0646. The predicted octanol–water partition coefficient (Wildman–Crippen LogP) is 2.49. The molecule has 0 bridgehead atoms. The zero-order valence-corrected chi connectivity index (χ0v) is 13.2. The summed E-state index contributed by atoms with van der Waals surface area (Å²) < 4.78 is 26.5. The van der Waals surface area contributed by atoms with Gasteiger partial charge in [0, 0.05) is 50.7 Å². The van der Waals surface area contributed by atoms with E-state index < -0.39 is 11.8 Å². The summed E-state index contributed by atoms with van der Waals surface area (Å²) in [5.74, 6) is -2.90. The number of hydrogen-bond acceptors (Lipinski definition) is 3. The summed E-state index contributed by atoms with van der Waals surface area (Å²) in [4.78, 5) is 15.9. The molecule has 0 unspecified atom stereocenters. The second-order valence-electron chi connectivity index (χ2n) is 6.49. The van der Waals surface area contributed by atoms with Gasteiger partial charge in [0.15, 0.2) is 0 Å². The third-order valence-corrected chi connectivity index (χ3v) is 5.02. The molecule has 6 heteroatoms. The fourth-order valence-electron chi connectivity index (χ4n) is 3.65. The average molecular weight is 323 g/mol. The molecule has 4 nitrogen and oxygen atoms in total. The third kappa shape index (κ3) is 3.63. The van der Waals surface area contributed by atoms with E-state index in [1.807, 2.05) is 18.2 Å². The number of hydrogen-bond donors (Lipinski definition) is 1. The number of amides is 1. The summed E-state index contributed by atoms with van der Waals surface area (Å²) in [6.07, 6.45) is 1.80. The number of para-hydroxylation sites is 1. The standard InChI is InChI=1S/C17H23F2N3O/c18-17(19)7-11-21(12-8-17)13-5-9-22(10-6-13)15-4-2-1-3-14(15)16(20)23/h1-4,13H,5-12H2,(H2,20,23). The molecule has 2 aliphatic rings. The molecule has 126 valence electrons. The van der Waals surface area contributed by atoms with Gasteiger partial charge >= 0.3 is 0 Å². The van der Waals surface area contributed by atoms with Crippen molar-refractivity contribution in [3.05, 3.63) is 29.8 Å². The number of halogens is 2. The number of benzene rings is 1.